The van der Waals surface area contributed by atoms with E-state index in [4.69, 9.17) is 0 Å². The van der Waals surface area contributed by atoms with Crippen molar-refractivity contribution in [2.75, 3.05) is 5.32 Å². The van der Waals surface area contributed by atoms with Crippen LogP contribution in [0.1, 0.15) is 44.0 Å². The molecule has 1 unspecified atom stereocenters. The smallest absolute Gasteiger partial charge is 0.203 e. The Hall–Kier alpha value is -1.29. The maximum atomic E-state index is 4.42. The van der Waals surface area contributed by atoms with Gasteiger partial charge in [-0.05, 0) is 24.3 Å². The first kappa shape index (κ1) is 13.1. The summed E-state index contributed by atoms with van der Waals surface area (Å²) in [5.74, 6) is 0.990. The van der Waals surface area contributed by atoms with Crippen LogP contribution in [-0.4, -0.2) is 9.55 Å². The molecule has 18 heavy (non-hydrogen) atoms. The molecule has 0 saturated heterocycles. The third-order valence-corrected chi connectivity index (χ3v) is 4.05. The minimum absolute atomic E-state index is 0.368. The van der Waals surface area contributed by atoms with E-state index >= 15 is 0 Å². The van der Waals surface area contributed by atoms with Crippen molar-refractivity contribution < 1.29 is 0 Å². The quantitative estimate of drug-likeness (QED) is 0.806. The van der Waals surface area contributed by atoms with Crippen LogP contribution in [0.15, 0.2) is 29.9 Å². The molecule has 0 bridgehead atoms. The number of unbranched alkanes of at least 4 members (excludes halogenated alkanes) is 1. The molecule has 4 heteroatoms. The van der Waals surface area contributed by atoms with Gasteiger partial charge in [0.05, 0.1) is 6.04 Å². The second-order valence-corrected chi connectivity index (χ2v) is 5.40. The second kappa shape index (κ2) is 6.59. The largest absolute Gasteiger partial charge is 0.348 e. The van der Waals surface area contributed by atoms with Crippen molar-refractivity contribution in [2.24, 2.45) is 0 Å². The van der Waals surface area contributed by atoms with E-state index in [-0.39, 0.29) is 0 Å². The van der Waals surface area contributed by atoms with Crippen LogP contribution in [0.5, 0.6) is 0 Å². The SMILES string of the molecule is CCCCn1ccnc1NC(CC)c1cccs1. The highest BCUT2D eigenvalue weighted by atomic mass is 32.1. The van der Waals surface area contributed by atoms with Gasteiger partial charge >= 0.3 is 0 Å². The fourth-order valence-corrected chi connectivity index (χ4v) is 2.84. The van der Waals surface area contributed by atoms with E-state index in [1.54, 1.807) is 11.3 Å². The number of hydrogen-bond donors (Lipinski definition) is 1. The lowest BCUT2D eigenvalue weighted by molar-refractivity contribution is 0.626. The molecular formula is C14H21N3S. The Morgan fingerprint density at radius 3 is 3.00 bits per heavy atom. The Bertz CT molecular complexity index is 447. The molecule has 0 spiro atoms. The van der Waals surface area contributed by atoms with Gasteiger partial charge in [0, 0.05) is 23.8 Å². The summed E-state index contributed by atoms with van der Waals surface area (Å²) in [7, 11) is 0. The van der Waals surface area contributed by atoms with Crippen LogP contribution in [0, 0.1) is 0 Å². The molecule has 2 aromatic rings. The lowest BCUT2D eigenvalue weighted by atomic mass is 10.2. The molecule has 1 N–H and O–H groups in total. The average Bonchev–Trinajstić information content (AvgIpc) is 3.04. The van der Waals surface area contributed by atoms with Crippen molar-refractivity contribution in [1.82, 2.24) is 9.55 Å². The lowest BCUT2D eigenvalue weighted by Gasteiger charge is -2.17. The van der Waals surface area contributed by atoms with E-state index in [0.29, 0.717) is 6.04 Å². The molecule has 0 amide bonds. The van der Waals surface area contributed by atoms with Crippen LogP contribution < -0.4 is 5.32 Å². The Kier molecular flexibility index (Phi) is 4.81. The van der Waals surface area contributed by atoms with E-state index in [2.05, 4.69) is 52.4 Å². The molecule has 0 aliphatic rings. The van der Waals surface area contributed by atoms with Gasteiger partial charge in [0.25, 0.3) is 0 Å². The van der Waals surface area contributed by atoms with Crippen molar-refractivity contribution >= 4 is 17.3 Å². The van der Waals surface area contributed by atoms with Crippen LogP contribution in [0.3, 0.4) is 0 Å². The molecule has 1 atom stereocenters. The Morgan fingerprint density at radius 2 is 2.33 bits per heavy atom. The zero-order valence-electron chi connectivity index (χ0n) is 11.1. The summed E-state index contributed by atoms with van der Waals surface area (Å²) in [5, 5.41) is 5.68. The number of imidazole rings is 1. The topological polar surface area (TPSA) is 29.9 Å². The van der Waals surface area contributed by atoms with Crippen molar-refractivity contribution in [3.8, 4) is 0 Å². The van der Waals surface area contributed by atoms with Gasteiger partial charge in [-0.25, -0.2) is 4.98 Å². The molecule has 98 valence electrons. The number of nitrogens with one attached hydrogen (secondary N) is 1. The minimum atomic E-state index is 0.368. The van der Waals surface area contributed by atoms with Gasteiger partial charge in [-0.3, -0.25) is 0 Å². The van der Waals surface area contributed by atoms with E-state index in [0.717, 1.165) is 18.9 Å². The number of thiophene rings is 1. The van der Waals surface area contributed by atoms with Gasteiger partial charge in [-0.1, -0.05) is 26.3 Å². The number of anilines is 1. The first-order valence-electron chi connectivity index (χ1n) is 6.66. The van der Waals surface area contributed by atoms with Crippen LogP contribution in [0.2, 0.25) is 0 Å². The molecule has 0 aromatic carbocycles. The van der Waals surface area contributed by atoms with E-state index in [1.165, 1.54) is 17.7 Å². The predicted molar refractivity (Wildman–Crippen MR) is 78.1 cm³/mol. The summed E-state index contributed by atoms with van der Waals surface area (Å²) in [4.78, 5) is 5.80. The van der Waals surface area contributed by atoms with Crippen LogP contribution in [0.4, 0.5) is 5.95 Å². The monoisotopic (exact) mass is 263 g/mol. The molecule has 3 nitrogen and oxygen atoms in total. The minimum Gasteiger partial charge on any atom is -0.348 e. The predicted octanol–water partition coefficient (Wildman–Crippen LogP) is 4.31. The second-order valence-electron chi connectivity index (χ2n) is 4.42. The molecule has 0 saturated carbocycles. The van der Waals surface area contributed by atoms with Gasteiger partial charge in [0.15, 0.2) is 0 Å². The zero-order valence-corrected chi connectivity index (χ0v) is 11.9. The molecule has 2 rings (SSSR count). The first-order chi connectivity index (χ1) is 8.85. The summed E-state index contributed by atoms with van der Waals surface area (Å²) in [5.41, 5.74) is 0. The Morgan fingerprint density at radius 1 is 1.44 bits per heavy atom. The molecular weight excluding hydrogens is 242 g/mol. The van der Waals surface area contributed by atoms with Gasteiger partial charge in [-0.15, -0.1) is 11.3 Å². The van der Waals surface area contributed by atoms with Crippen LogP contribution in [-0.2, 0) is 6.54 Å². The molecule has 0 fully saturated rings. The van der Waals surface area contributed by atoms with Crippen molar-refractivity contribution in [2.45, 2.75) is 45.7 Å². The third kappa shape index (κ3) is 3.13. The number of aromatic nitrogens is 2. The lowest BCUT2D eigenvalue weighted by Crippen LogP contribution is -2.13. The molecule has 0 radical (unpaired) electrons. The normalized spacial score (nSPS) is 12.6. The first-order valence-corrected chi connectivity index (χ1v) is 7.54. The number of rotatable bonds is 7. The number of hydrogen-bond acceptors (Lipinski definition) is 3. The van der Waals surface area contributed by atoms with Gasteiger partial charge in [-0.2, -0.15) is 0 Å². The molecule has 0 aliphatic carbocycles. The summed E-state index contributed by atoms with van der Waals surface area (Å²) >= 11 is 1.80. The van der Waals surface area contributed by atoms with Crippen molar-refractivity contribution in [3.63, 3.8) is 0 Å². The maximum Gasteiger partial charge on any atom is 0.203 e. The Balaban J connectivity index is 2.05. The molecule has 0 aliphatic heterocycles. The summed E-state index contributed by atoms with van der Waals surface area (Å²) in [6, 6.07) is 4.66. The highest BCUT2D eigenvalue weighted by Gasteiger charge is 2.12. The molecule has 2 aromatic heterocycles. The fraction of sp³-hybridized carbons (Fsp3) is 0.500. The van der Waals surface area contributed by atoms with E-state index < -0.39 is 0 Å². The zero-order chi connectivity index (χ0) is 12.8. The highest BCUT2D eigenvalue weighted by molar-refractivity contribution is 7.10. The van der Waals surface area contributed by atoms with Gasteiger partial charge < -0.3 is 9.88 Å². The average molecular weight is 263 g/mol. The Labute approximate surface area is 113 Å². The van der Waals surface area contributed by atoms with Gasteiger partial charge in [0.1, 0.15) is 0 Å². The van der Waals surface area contributed by atoms with Gasteiger partial charge in [0.2, 0.25) is 5.95 Å². The summed E-state index contributed by atoms with van der Waals surface area (Å²) < 4.78 is 2.21. The van der Waals surface area contributed by atoms with Crippen LogP contribution >= 0.6 is 11.3 Å². The van der Waals surface area contributed by atoms with Crippen molar-refractivity contribution in [1.29, 1.82) is 0 Å². The van der Waals surface area contributed by atoms with E-state index in [9.17, 15) is 0 Å². The standard InChI is InChI=1S/C14H21N3S/c1-3-5-9-17-10-8-15-14(17)16-12(4-2)13-7-6-11-18-13/h6-8,10-12H,3-5,9H2,1-2H3,(H,15,16). The number of nitrogens with zero attached hydrogens (tertiary/aromatic N) is 2. The number of aryl methyl sites for hydroxylation is 1. The van der Waals surface area contributed by atoms with E-state index in [1.807, 2.05) is 6.20 Å². The molecule has 2 heterocycles. The maximum absolute atomic E-state index is 4.42. The fourth-order valence-electron chi connectivity index (χ4n) is 1.98. The third-order valence-electron chi connectivity index (χ3n) is 3.07. The summed E-state index contributed by atoms with van der Waals surface area (Å²) in [6.07, 6.45) is 7.40. The van der Waals surface area contributed by atoms with Crippen LogP contribution in [0.25, 0.3) is 0 Å². The van der Waals surface area contributed by atoms with Crippen molar-refractivity contribution in [3.05, 3.63) is 34.8 Å². The summed E-state index contributed by atoms with van der Waals surface area (Å²) in [6.45, 7) is 5.46. The highest BCUT2D eigenvalue weighted by Crippen LogP contribution is 2.25.